The molecule has 1 rings (SSSR count). The molecule has 18 heavy (non-hydrogen) atoms. The molecule has 0 aliphatic carbocycles. The van der Waals surface area contributed by atoms with Gasteiger partial charge < -0.3 is 14.7 Å². The van der Waals surface area contributed by atoms with Crippen molar-refractivity contribution in [3.8, 4) is 0 Å². The summed E-state index contributed by atoms with van der Waals surface area (Å²) >= 11 is 0. The molecule has 0 aromatic rings. The highest BCUT2D eigenvalue weighted by Gasteiger charge is 2.39. The molecule has 1 amide bonds. The number of carbonyl (C=O) groups is 2. The van der Waals surface area contributed by atoms with E-state index in [1.807, 2.05) is 19.9 Å². The lowest BCUT2D eigenvalue weighted by atomic mass is 10.0. The minimum Gasteiger partial charge on any atom is -0.481 e. The normalized spacial score (nSPS) is 24.1. The first kappa shape index (κ1) is 14.7. The van der Waals surface area contributed by atoms with Crippen LogP contribution < -0.4 is 0 Å². The molecule has 1 fully saturated rings. The molecule has 0 saturated carbocycles. The van der Waals surface area contributed by atoms with Gasteiger partial charge in [0.2, 0.25) is 5.91 Å². The summed E-state index contributed by atoms with van der Waals surface area (Å²) in [6.45, 7) is 6.56. The standard InChI is InChI=1S/C13H21NO4/c1-4-6-9(3)12(15)14(5-2)11-8-18-7-10(11)13(16)17/h6,10-11H,4-5,7-8H2,1-3H3,(H,16,17). The van der Waals surface area contributed by atoms with Crippen molar-refractivity contribution in [2.45, 2.75) is 33.2 Å². The summed E-state index contributed by atoms with van der Waals surface area (Å²) in [6.07, 6.45) is 2.65. The van der Waals surface area contributed by atoms with E-state index in [2.05, 4.69) is 0 Å². The van der Waals surface area contributed by atoms with E-state index in [0.29, 0.717) is 18.7 Å². The maximum absolute atomic E-state index is 12.2. The lowest BCUT2D eigenvalue weighted by molar-refractivity contribution is -0.144. The summed E-state index contributed by atoms with van der Waals surface area (Å²) in [6, 6.07) is -0.361. The lowest BCUT2D eigenvalue weighted by Gasteiger charge is -2.29. The number of likely N-dealkylation sites (N-methyl/N-ethyl adjacent to an activating group) is 1. The number of carbonyl (C=O) groups excluding carboxylic acids is 1. The Bertz CT molecular complexity index is 351. The van der Waals surface area contributed by atoms with Crippen molar-refractivity contribution in [1.82, 2.24) is 4.90 Å². The highest BCUT2D eigenvalue weighted by molar-refractivity contribution is 5.93. The van der Waals surface area contributed by atoms with Crippen LogP contribution in [0.25, 0.3) is 0 Å². The number of hydrogen-bond acceptors (Lipinski definition) is 3. The second-order valence-electron chi connectivity index (χ2n) is 4.44. The third-order valence-corrected chi connectivity index (χ3v) is 3.22. The van der Waals surface area contributed by atoms with Crippen molar-refractivity contribution in [2.24, 2.45) is 5.92 Å². The first-order valence-corrected chi connectivity index (χ1v) is 6.31. The van der Waals surface area contributed by atoms with Crippen LogP contribution in [-0.4, -0.2) is 47.7 Å². The largest absolute Gasteiger partial charge is 0.481 e. The molecule has 0 bridgehead atoms. The quantitative estimate of drug-likeness (QED) is 0.752. The van der Waals surface area contributed by atoms with Crippen molar-refractivity contribution >= 4 is 11.9 Å². The zero-order valence-corrected chi connectivity index (χ0v) is 11.2. The maximum Gasteiger partial charge on any atom is 0.311 e. The van der Waals surface area contributed by atoms with E-state index in [4.69, 9.17) is 9.84 Å². The molecule has 5 nitrogen and oxygen atoms in total. The van der Waals surface area contributed by atoms with Gasteiger partial charge in [-0.1, -0.05) is 13.0 Å². The van der Waals surface area contributed by atoms with Crippen LogP contribution in [0.5, 0.6) is 0 Å². The number of rotatable bonds is 5. The Hall–Kier alpha value is -1.36. The molecule has 2 atom stereocenters. The summed E-state index contributed by atoms with van der Waals surface area (Å²) in [4.78, 5) is 25.0. The summed E-state index contributed by atoms with van der Waals surface area (Å²) in [5.41, 5.74) is 0.662. The molecular weight excluding hydrogens is 234 g/mol. The third kappa shape index (κ3) is 3.10. The van der Waals surface area contributed by atoms with Crippen molar-refractivity contribution in [1.29, 1.82) is 0 Å². The van der Waals surface area contributed by atoms with Gasteiger partial charge in [-0.05, 0) is 20.3 Å². The van der Waals surface area contributed by atoms with E-state index in [0.717, 1.165) is 6.42 Å². The van der Waals surface area contributed by atoms with E-state index in [1.165, 1.54) is 0 Å². The van der Waals surface area contributed by atoms with Crippen LogP contribution in [0, 0.1) is 5.92 Å². The molecule has 1 aliphatic rings. The Morgan fingerprint density at radius 2 is 2.06 bits per heavy atom. The van der Waals surface area contributed by atoms with Crippen molar-refractivity contribution < 1.29 is 19.4 Å². The van der Waals surface area contributed by atoms with Gasteiger partial charge in [-0.3, -0.25) is 9.59 Å². The number of hydrogen-bond donors (Lipinski definition) is 1. The molecule has 0 radical (unpaired) electrons. The van der Waals surface area contributed by atoms with E-state index in [1.54, 1.807) is 11.8 Å². The van der Waals surface area contributed by atoms with E-state index in [9.17, 15) is 9.59 Å². The number of aliphatic carboxylic acids is 1. The highest BCUT2D eigenvalue weighted by atomic mass is 16.5. The van der Waals surface area contributed by atoms with Gasteiger partial charge in [0.25, 0.3) is 0 Å². The SMILES string of the molecule is CCC=C(C)C(=O)N(CC)C1COCC1C(=O)O. The minimum absolute atomic E-state index is 0.0962. The zero-order valence-electron chi connectivity index (χ0n) is 11.2. The Labute approximate surface area is 107 Å². The van der Waals surface area contributed by atoms with Crippen molar-refractivity contribution in [3.05, 3.63) is 11.6 Å². The Kier molecular flexibility index (Phi) is 5.34. The monoisotopic (exact) mass is 255 g/mol. The van der Waals surface area contributed by atoms with Gasteiger partial charge in [0.15, 0.2) is 0 Å². The van der Waals surface area contributed by atoms with Crippen LogP contribution in [0.4, 0.5) is 0 Å². The van der Waals surface area contributed by atoms with Gasteiger partial charge in [-0.2, -0.15) is 0 Å². The van der Waals surface area contributed by atoms with E-state index >= 15 is 0 Å². The second-order valence-corrected chi connectivity index (χ2v) is 4.44. The fourth-order valence-corrected chi connectivity index (χ4v) is 2.23. The zero-order chi connectivity index (χ0) is 13.7. The second kappa shape index (κ2) is 6.54. The number of carboxylic acid groups (broad SMARTS) is 1. The summed E-state index contributed by atoms with van der Waals surface area (Å²) < 4.78 is 5.21. The van der Waals surface area contributed by atoms with Crippen molar-refractivity contribution in [3.63, 3.8) is 0 Å². The molecule has 2 unspecified atom stereocenters. The average Bonchev–Trinajstić information content (AvgIpc) is 2.79. The number of carboxylic acids is 1. The Balaban J connectivity index is 2.86. The Morgan fingerprint density at radius 3 is 2.56 bits per heavy atom. The summed E-state index contributed by atoms with van der Waals surface area (Å²) in [5, 5.41) is 9.12. The van der Waals surface area contributed by atoms with Gasteiger partial charge in [-0.25, -0.2) is 0 Å². The third-order valence-electron chi connectivity index (χ3n) is 3.22. The van der Waals surface area contributed by atoms with Gasteiger partial charge >= 0.3 is 5.97 Å². The minimum atomic E-state index is -0.902. The van der Waals surface area contributed by atoms with Crippen molar-refractivity contribution in [2.75, 3.05) is 19.8 Å². The van der Waals surface area contributed by atoms with Crippen LogP contribution in [0.2, 0.25) is 0 Å². The highest BCUT2D eigenvalue weighted by Crippen LogP contribution is 2.21. The van der Waals surface area contributed by atoms with Crippen LogP contribution in [0.3, 0.4) is 0 Å². The smallest absolute Gasteiger partial charge is 0.311 e. The molecular formula is C13H21NO4. The van der Waals surface area contributed by atoms with E-state index < -0.39 is 11.9 Å². The first-order valence-electron chi connectivity index (χ1n) is 6.31. The number of allylic oxidation sites excluding steroid dienone is 1. The predicted molar refractivity (Wildman–Crippen MR) is 67.2 cm³/mol. The molecule has 1 N–H and O–H groups in total. The molecule has 1 aliphatic heterocycles. The number of nitrogens with zero attached hydrogens (tertiary/aromatic N) is 1. The van der Waals surface area contributed by atoms with Gasteiger partial charge in [0.1, 0.15) is 5.92 Å². The molecule has 102 valence electrons. The van der Waals surface area contributed by atoms with Crippen LogP contribution >= 0.6 is 0 Å². The maximum atomic E-state index is 12.2. The fourth-order valence-electron chi connectivity index (χ4n) is 2.23. The molecule has 1 saturated heterocycles. The summed E-state index contributed by atoms with van der Waals surface area (Å²) in [7, 11) is 0. The van der Waals surface area contributed by atoms with Gasteiger partial charge in [0, 0.05) is 12.1 Å². The average molecular weight is 255 g/mol. The molecule has 0 aromatic heterocycles. The first-order chi connectivity index (χ1) is 8.52. The fraction of sp³-hybridized carbons (Fsp3) is 0.692. The van der Waals surface area contributed by atoms with Crippen LogP contribution in [0.1, 0.15) is 27.2 Å². The number of ether oxygens (including phenoxy) is 1. The van der Waals surface area contributed by atoms with Crippen LogP contribution in [0.15, 0.2) is 11.6 Å². The number of amides is 1. The van der Waals surface area contributed by atoms with Crippen LogP contribution in [-0.2, 0) is 14.3 Å². The topological polar surface area (TPSA) is 66.8 Å². The predicted octanol–water partition coefficient (Wildman–Crippen LogP) is 1.29. The van der Waals surface area contributed by atoms with Gasteiger partial charge in [0.05, 0.1) is 19.3 Å². The molecule has 0 aromatic carbocycles. The van der Waals surface area contributed by atoms with Gasteiger partial charge in [-0.15, -0.1) is 0 Å². The Morgan fingerprint density at radius 1 is 1.39 bits per heavy atom. The molecule has 1 heterocycles. The summed E-state index contributed by atoms with van der Waals surface area (Å²) in [5.74, 6) is -1.62. The van der Waals surface area contributed by atoms with E-state index in [-0.39, 0.29) is 18.6 Å². The molecule has 5 heteroatoms. The lowest BCUT2D eigenvalue weighted by Crippen LogP contribution is -2.46. The molecule has 0 spiro atoms.